The van der Waals surface area contributed by atoms with Gasteiger partial charge >= 0.3 is 17.9 Å². The Morgan fingerprint density at radius 1 is 1.21 bits per heavy atom. The predicted octanol–water partition coefficient (Wildman–Crippen LogP) is 4.57. The number of hydrogen-bond acceptors (Lipinski definition) is 5. The third-order valence-corrected chi connectivity index (χ3v) is 7.10. The Morgan fingerprint density at radius 2 is 1.90 bits per heavy atom. The fourth-order valence-electron chi connectivity index (χ4n) is 4.94. The van der Waals surface area contributed by atoms with Gasteiger partial charge in [0.25, 0.3) is 0 Å². The van der Waals surface area contributed by atoms with Crippen LogP contribution in [0.15, 0.2) is 30.3 Å². The van der Waals surface area contributed by atoms with Crippen LogP contribution in [-0.2, 0) is 29.3 Å². The van der Waals surface area contributed by atoms with E-state index in [1.807, 2.05) is 18.2 Å². The van der Waals surface area contributed by atoms with Gasteiger partial charge in [-0.25, -0.2) is 0 Å². The predicted molar refractivity (Wildman–Crippen MR) is 109 cm³/mol. The molecule has 2 fully saturated rings. The minimum atomic E-state index is -1.37. The van der Waals surface area contributed by atoms with Gasteiger partial charge in [-0.05, 0) is 42.6 Å². The summed E-state index contributed by atoms with van der Waals surface area (Å²) in [5, 5.41) is 0. The average Bonchev–Trinajstić information content (AvgIpc) is 2.69. The minimum absolute atomic E-state index is 0.0642. The molecular formula is C24H32O5. The van der Waals surface area contributed by atoms with Crippen LogP contribution in [0.3, 0.4) is 0 Å². The van der Waals surface area contributed by atoms with Crippen molar-refractivity contribution in [1.29, 1.82) is 0 Å². The van der Waals surface area contributed by atoms with Crippen LogP contribution >= 0.6 is 0 Å². The van der Waals surface area contributed by atoms with Gasteiger partial charge in [-0.1, -0.05) is 64.4 Å². The highest BCUT2D eigenvalue weighted by Gasteiger charge is 2.53. The van der Waals surface area contributed by atoms with E-state index in [0.717, 1.165) is 19.3 Å². The topological polar surface area (TPSA) is 69.7 Å². The average molecular weight is 401 g/mol. The van der Waals surface area contributed by atoms with Crippen LogP contribution in [0.25, 0.3) is 0 Å². The third-order valence-electron chi connectivity index (χ3n) is 7.10. The summed E-state index contributed by atoms with van der Waals surface area (Å²) in [6.07, 6.45) is 3.06. The smallest absolute Gasteiger partial charge is 0.331 e. The molecule has 3 rings (SSSR count). The van der Waals surface area contributed by atoms with Crippen molar-refractivity contribution in [2.24, 2.45) is 17.3 Å². The Balaban J connectivity index is 1.85. The lowest BCUT2D eigenvalue weighted by molar-refractivity contribution is -0.188. The van der Waals surface area contributed by atoms with E-state index >= 15 is 0 Å². The number of hydrogen-bond donors (Lipinski definition) is 0. The molecule has 1 aliphatic carbocycles. The second-order valence-electron chi connectivity index (χ2n) is 9.25. The summed E-state index contributed by atoms with van der Waals surface area (Å²) in [7, 11) is 0. The lowest BCUT2D eigenvalue weighted by Crippen LogP contribution is -2.50. The minimum Gasteiger partial charge on any atom is -0.461 e. The third kappa shape index (κ3) is 4.10. The van der Waals surface area contributed by atoms with Crippen molar-refractivity contribution in [3.8, 4) is 0 Å². The molecule has 1 aromatic rings. The van der Waals surface area contributed by atoms with E-state index in [2.05, 4.69) is 32.9 Å². The largest absolute Gasteiger partial charge is 0.461 e. The molecule has 0 bridgehead atoms. The molecule has 0 amide bonds. The molecule has 4 atom stereocenters. The van der Waals surface area contributed by atoms with Crippen molar-refractivity contribution < 1.29 is 23.9 Å². The molecule has 0 aromatic heterocycles. The van der Waals surface area contributed by atoms with Crippen molar-refractivity contribution in [1.82, 2.24) is 0 Å². The Morgan fingerprint density at radius 3 is 2.52 bits per heavy atom. The van der Waals surface area contributed by atoms with E-state index in [-0.39, 0.29) is 36.7 Å². The SMILES string of the molecule is CC[C@]1(C(=O)O[C@@H]2C[C@H](C)CC[C@H]2C(C)(C)c2ccccc2)CCC(=O)OC1=O. The molecule has 2 aliphatic rings. The molecule has 5 nitrogen and oxygen atoms in total. The summed E-state index contributed by atoms with van der Waals surface area (Å²) in [5.74, 6) is -1.26. The van der Waals surface area contributed by atoms with Gasteiger partial charge in [0.15, 0.2) is 5.41 Å². The first-order valence-corrected chi connectivity index (χ1v) is 10.7. The molecule has 0 unspecified atom stereocenters. The normalized spacial score (nSPS) is 30.6. The maximum absolute atomic E-state index is 13.2. The fourth-order valence-corrected chi connectivity index (χ4v) is 4.94. The first-order chi connectivity index (χ1) is 13.7. The Bertz CT molecular complexity index is 769. The van der Waals surface area contributed by atoms with Crippen LogP contribution in [0.5, 0.6) is 0 Å². The van der Waals surface area contributed by atoms with Crippen molar-refractivity contribution in [2.75, 3.05) is 0 Å². The molecule has 0 spiro atoms. The van der Waals surface area contributed by atoms with Crippen LogP contribution in [-0.4, -0.2) is 24.0 Å². The van der Waals surface area contributed by atoms with Crippen LogP contribution in [0, 0.1) is 17.3 Å². The summed E-state index contributed by atoms with van der Waals surface area (Å²) in [6, 6.07) is 10.3. The maximum atomic E-state index is 13.2. The lowest BCUT2D eigenvalue weighted by Gasteiger charge is -2.45. The van der Waals surface area contributed by atoms with Crippen LogP contribution in [0.2, 0.25) is 0 Å². The number of esters is 3. The van der Waals surface area contributed by atoms with Crippen LogP contribution in [0.4, 0.5) is 0 Å². The van der Waals surface area contributed by atoms with E-state index in [1.165, 1.54) is 5.56 Å². The van der Waals surface area contributed by atoms with E-state index < -0.39 is 23.3 Å². The monoisotopic (exact) mass is 400 g/mol. The van der Waals surface area contributed by atoms with Gasteiger partial charge in [0.1, 0.15) is 6.10 Å². The van der Waals surface area contributed by atoms with E-state index in [1.54, 1.807) is 6.92 Å². The summed E-state index contributed by atoms with van der Waals surface area (Å²) < 4.78 is 10.9. The Hall–Kier alpha value is -2.17. The first kappa shape index (κ1) is 21.5. The van der Waals surface area contributed by atoms with Gasteiger partial charge in [0.05, 0.1) is 0 Å². The van der Waals surface area contributed by atoms with E-state index in [0.29, 0.717) is 5.92 Å². The molecule has 1 saturated heterocycles. The van der Waals surface area contributed by atoms with E-state index in [4.69, 9.17) is 9.47 Å². The van der Waals surface area contributed by atoms with Crippen molar-refractivity contribution >= 4 is 17.9 Å². The van der Waals surface area contributed by atoms with Crippen molar-refractivity contribution in [3.63, 3.8) is 0 Å². The number of carbonyl (C=O) groups excluding carboxylic acids is 3. The lowest BCUT2D eigenvalue weighted by atomic mass is 9.64. The van der Waals surface area contributed by atoms with Gasteiger partial charge in [0, 0.05) is 12.3 Å². The van der Waals surface area contributed by atoms with Gasteiger partial charge in [-0.3, -0.25) is 14.4 Å². The van der Waals surface area contributed by atoms with Crippen molar-refractivity contribution in [2.45, 2.75) is 77.7 Å². The number of cyclic esters (lactones) is 2. The molecule has 0 radical (unpaired) electrons. The second-order valence-corrected chi connectivity index (χ2v) is 9.25. The molecule has 5 heteroatoms. The zero-order chi connectivity index (χ0) is 21.2. The zero-order valence-corrected chi connectivity index (χ0v) is 17.9. The Kier molecular flexibility index (Phi) is 6.16. The van der Waals surface area contributed by atoms with Gasteiger partial charge in [-0.2, -0.15) is 0 Å². The molecule has 1 aromatic carbocycles. The summed E-state index contributed by atoms with van der Waals surface area (Å²) in [6.45, 7) is 8.35. The first-order valence-electron chi connectivity index (χ1n) is 10.7. The van der Waals surface area contributed by atoms with E-state index in [9.17, 15) is 14.4 Å². The quantitative estimate of drug-likeness (QED) is 0.535. The number of carbonyl (C=O) groups is 3. The zero-order valence-electron chi connectivity index (χ0n) is 17.9. The molecule has 1 heterocycles. The Labute approximate surface area is 173 Å². The molecule has 0 N–H and O–H groups in total. The summed E-state index contributed by atoms with van der Waals surface area (Å²) in [4.78, 5) is 37.2. The molecule has 1 aliphatic heterocycles. The molecule has 1 saturated carbocycles. The van der Waals surface area contributed by atoms with Gasteiger partial charge in [0.2, 0.25) is 0 Å². The number of benzene rings is 1. The molecule has 158 valence electrons. The summed E-state index contributed by atoms with van der Waals surface area (Å²) >= 11 is 0. The van der Waals surface area contributed by atoms with Crippen LogP contribution in [0.1, 0.15) is 71.8 Å². The molecule has 29 heavy (non-hydrogen) atoms. The van der Waals surface area contributed by atoms with Crippen molar-refractivity contribution in [3.05, 3.63) is 35.9 Å². The number of ether oxygens (including phenoxy) is 2. The van der Waals surface area contributed by atoms with Crippen LogP contribution < -0.4 is 0 Å². The molecular weight excluding hydrogens is 368 g/mol. The second kappa shape index (κ2) is 8.29. The summed E-state index contributed by atoms with van der Waals surface area (Å²) in [5.41, 5.74) is -0.321. The van der Waals surface area contributed by atoms with Gasteiger partial charge in [-0.15, -0.1) is 0 Å². The number of rotatable bonds is 5. The highest BCUT2D eigenvalue weighted by molar-refractivity contribution is 6.05. The standard InChI is InChI=1S/C24H32O5/c1-5-24(14-13-20(25)29-22(24)27)21(26)28-19-15-16(2)11-12-18(19)23(3,4)17-9-7-6-8-10-17/h6-10,16,18-19H,5,11-15H2,1-4H3/t16-,18-,19-,24-/m1/s1. The highest BCUT2D eigenvalue weighted by atomic mass is 16.6. The fraction of sp³-hybridized carbons (Fsp3) is 0.625. The van der Waals surface area contributed by atoms with Gasteiger partial charge < -0.3 is 9.47 Å². The maximum Gasteiger partial charge on any atom is 0.331 e. The highest BCUT2D eigenvalue weighted by Crippen LogP contribution is 2.45.